The Hall–Kier alpha value is -2.14. The maximum atomic E-state index is 14.7. The Bertz CT molecular complexity index is 1010. The zero-order valence-corrected chi connectivity index (χ0v) is 18.4. The van der Waals surface area contributed by atoms with E-state index in [1.165, 1.54) is 7.11 Å². The van der Waals surface area contributed by atoms with Crippen LogP contribution in [0.4, 0.5) is 17.6 Å². The molecule has 0 unspecified atom stereocenters. The summed E-state index contributed by atoms with van der Waals surface area (Å²) in [5, 5.41) is -0.788. The standard InChI is InChI=1S/C20H23ClF4N4O3/c1-29-8-4-7-19(6-3-5-11(19)29)9-32-18-26-14-12(16(30-2)27-15(21)13(14)22)17(28-18)31-10-20(23,24)25/h11H,3-10H2,1-2H3/t11-,19-/m1/s1. The van der Waals surface area contributed by atoms with Crippen LogP contribution in [0.3, 0.4) is 0 Å². The van der Waals surface area contributed by atoms with Gasteiger partial charge in [0.05, 0.1) is 13.7 Å². The van der Waals surface area contributed by atoms with E-state index in [0.717, 1.165) is 38.6 Å². The molecule has 1 aliphatic heterocycles. The van der Waals surface area contributed by atoms with Crippen molar-refractivity contribution in [3.05, 3.63) is 11.0 Å². The first-order valence-electron chi connectivity index (χ1n) is 10.3. The van der Waals surface area contributed by atoms with E-state index in [1.807, 2.05) is 0 Å². The van der Waals surface area contributed by atoms with Gasteiger partial charge in [0.2, 0.25) is 11.8 Å². The van der Waals surface area contributed by atoms with E-state index in [9.17, 15) is 17.6 Å². The summed E-state index contributed by atoms with van der Waals surface area (Å²) >= 11 is 5.82. The highest BCUT2D eigenvalue weighted by atomic mass is 35.5. The normalized spacial score (nSPS) is 23.9. The number of alkyl halides is 3. The van der Waals surface area contributed by atoms with Crippen LogP contribution in [-0.2, 0) is 0 Å². The SMILES string of the molecule is COc1nc(Cl)c(F)c2nc(OC[C@]34CCC[C@H]3N(C)CCC4)nc(OCC(F)(F)F)c12. The van der Waals surface area contributed by atoms with Crippen LogP contribution in [0, 0.1) is 11.2 Å². The summed E-state index contributed by atoms with van der Waals surface area (Å²) in [5.41, 5.74) is -0.491. The summed E-state index contributed by atoms with van der Waals surface area (Å²) in [5.74, 6) is -1.82. The molecule has 1 saturated heterocycles. The Labute approximate surface area is 187 Å². The highest BCUT2D eigenvalue weighted by Crippen LogP contribution is 2.47. The minimum absolute atomic E-state index is 0.107. The van der Waals surface area contributed by atoms with Crippen LogP contribution in [0.2, 0.25) is 5.15 Å². The minimum atomic E-state index is -4.63. The van der Waals surface area contributed by atoms with Gasteiger partial charge in [-0.3, -0.25) is 0 Å². The molecule has 0 amide bonds. The first kappa shape index (κ1) is 23.0. The lowest BCUT2D eigenvalue weighted by atomic mass is 9.76. The fraction of sp³-hybridized carbons (Fsp3) is 0.650. The third kappa shape index (κ3) is 4.36. The van der Waals surface area contributed by atoms with Crippen molar-refractivity contribution in [2.24, 2.45) is 5.41 Å². The molecule has 0 radical (unpaired) electrons. The van der Waals surface area contributed by atoms with E-state index in [1.54, 1.807) is 0 Å². The summed E-state index contributed by atoms with van der Waals surface area (Å²) in [7, 11) is 3.29. The second-order valence-electron chi connectivity index (χ2n) is 8.31. The lowest BCUT2D eigenvalue weighted by Crippen LogP contribution is -2.50. The lowest BCUT2D eigenvalue weighted by molar-refractivity contribution is -0.153. The van der Waals surface area contributed by atoms with Crippen molar-refractivity contribution >= 4 is 22.5 Å². The van der Waals surface area contributed by atoms with Gasteiger partial charge >= 0.3 is 12.2 Å². The van der Waals surface area contributed by atoms with Crippen molar-refractivity contribution in [1.82, 2.24) is 19.9 Å². The fourth-order valence-electron chi connectivity index (χ4n) is 4.92. The van der Waals surface area contributed by atoms with Crippen LogP contribution in [0.15, 0.2) is 0 Å². The van der Waals surface area contributed by atoms with Gasteiger partial charge in [0.1, 0.15) is 10.9 Å². The molecule has 2 aliphatic rings. The van der Waals surface area contributed by atoms with E-state index < -0.39 is 29.6 Å². The summed E-state index contributed by atoms with van der Waals surface area (Å²) in [4.78, 5) is 14.1. The van der Waals surface area contributed by atoms with E-state index >= 15 is 0 Å². The predicted molar refractivity (Wildman–Crippen MR) is 108 cm³/mol. The number of methoxy groups -OCH3 is 1. The van der Waals surface area contributed by atoms with Crippen molar-refractivity contribution in [1.29, 1.82) is 0 Å². The zero-order valence-electron chi connectivity index (χ0n) is 17.6. The molecule has 0 aromatic carbocycles. The van der Waals surface area contributed by atoms with E-state index in [2.05, 4.69) is 26.9 Å². The number of hydrogen-bond donors (Lipinski definition) is 0. The third-order valence-corrected chi connectivity index (χ3v) is 6.54. The predicted octanol–water partition coefficient (Wildman–Crippen LogP) is 4.41. The molecule has 2 atom stereocenters. The largest absolute Gasteiger partial charge is 0.480 e. The molecule has 2 fully saturated rings. The van der Waals surface area contributed by atoms with Crippen LogP contribution >= 0.6 is 11.6 Å². The molecule has 0 bridgehead atoms. The third-order valence-electron chi connectivity index (χ3n) is 6.29. The number of hydrogen-bond acceptors (Lipinski definition) is 7. The molecule has 32 heavy (non-hydrogen) atoms. The summed E-state index contributed by atoms with van der Waals surface area (Å²) in [6.07, 6.45) is 0.417. The van der Waals surface area contributed by atoms with Gasteiger partial charge in [0, 0.05) is 11.5 Å². The number of pyridine rings is 1. The molecule has 0 spiro atoms. The molecular weight excluding hydrogens is 456 g/mol. The first-order chi connectivity index (χ1) is 15.1. The molecule has 1 aliphatic carbocycles. The topological polar surface area (TPSA) is 69.6 Å². The Balaban J connectivity index is 1.71. The summed E-state index contributed by atoms with van der Waals surface area (Å²) in [6, 6.07) is 0.0549. The van der Waals surface area contributed by atoms with E-state index in [4.69, 9.17) is 25.8 Å². The van der Waals surface area contributed by atoms with Crippen molar-refractivity contribution in [2.45, 2.75) is 44.3 Å². The second kappa shape index (κ2) is 8.66. The van der Waals surface area contributed by atoms with Crippen LogP contribution in [0.25, 0.3) is 10.9 Å². The molecule has 2 aromatic heterocycles. The van der Waals surface area contributed by atoms with Crippen molar-refractivity contribution in [3.63, 3.8) is 0 Å². The van der Waals surface area contributed by atoms with Gasteiger partial charge in [-0.25, -0.2) is 4.39 Å². The Morgan fingerprint density at radius 3 is 2.59 bits per heavy atom. The fourth-order valence-corrected chi connectivity index (χ4v) is 5.08. The van der Waals surface area contributed by atoms with Crippen molar-refractivity contribution in [3.8, 4) is 17.8 Å². The number of nitrogens with zero attached hydrogens (tertiary/aromatic N) is 4. The zero-order chi connectivity index (χ0) is 23.1. The van der Waals surface area contributed by atoms with Gasteiger partial charge in [-0.1, -0.05) is 18.0 Å². The maximum absolute atomic E-state index is 14.7. The van der Waals surface area contributed by atoms with Gasteiger partial charge in [0.15, 0.2) is 17.6 Å². The Morgan fingerprint density at radius 2 is 1.88 bits per heavy atom. The molecule has 1 saturated carbocycles. The number of piperidine rings is 1. The first-order valence-corrected chi connectivity index (χ1v) is 10.6. The molecular formula is C20H23ClF4N4O3. The van der Waals surface area contributed by atoms with E-state index in [-0.39, 0.29) is 34.8 Å². The second-order valence-corrected chi connectivity index (χ2v) is 8.67. The van der Waals surface area contributed by atoms with Crippen LogP contribution < -0.4 is 14.2 Å². The number of fused-ring (bicyclic) bond motifs is 2. The van der Waals surface area contributed by atoms with Crippen LogP contribution in [-0.4, -0.2) is 66.0 Å². The van der Waals surface area contributed by atoms with Gasteiger partial charge in [-0.05, 0) is 39.3 Å². The Kier molecular flexibility index (Phi) is 6.23. The summed E-state index contributed by atoms with van der Waals surface area (Å²) < 4.78 is 68.9. The molecule has 7 nitrogen and oxygen atoms in total. The quantitative estimate of drug-likeness (QED) is 0.450. The maximum Gasteiger partial charge on any atom is 0.422 e. The number of aromatic nitrogens is 3. The highest BCUT2D eigenvalue weighted by molar-refractivity contribution is 6.30. The van der Waals surface area contributed by atoms with E-state index in [0.29, 0.717) is 6.04 Å². The molecule has 4 rings (SSSR count). The molecule has 12 heteroatoms. The monoisotopic (exact) mass is 478 g/mol. The molecule has 2 aromatic rings. The van der Waals surface area contributed by atoms with Crippen LogP contribution in [0.5, 0.6) is 17.8 Å². The smallest absolute Gasteiger partial charge is 0.422 e. The molecule has 176 valence electrons. The summed E-state index contributed by atoms with van der Waals surface area (Å²) in [6.45, 7) is -0.364. The lowest BCUT2D eigenvalue weighted by Gasteiger charge is -2.44. The average Bonchev–Trinajstić information content (AvgIpc) is 3.18. The average molecular weight is 479 g/mol. The van der Waals surface area contributed by atoms with Gasteiger partial charge < -0.3 is 19.1 Å². The van der Waals surface area contributed by atoms with Gasteiger partial charge in [-0.15, -0.1) is 0 Å². The minimum Gasteiger partial charge on any atom is -0.480 e. The number of ether oxygens (including phenoxy) is 3. The van der Waals surface area contributed by atoms with Crippen molar-refractivity contribution < 1.29 is 31.8 Å². The van der Waals surface area contributed by atoms with Crippen LogP contribution in [0.1, 0.15) is 32.1 Å². The highest BCUT2D eigenvalue weighted by Gasteiger charge is 2.47. The Morgan fingerprint density at radius 1 is 1.12 bits per heavy atom. The molecule has 3 heterocycles. The number of halogens is 5. The van der Waals surface area contributed by atoms with Crippen molar-refractivity contribution in [2.75, 3.05) is 33.9 Å². The number of likely N-dealkylation sites (tertiary alicyclic amines) is 1. The van der Waals surface area contributed by atoms with Gasteiger partial charge in [0.25, 0.3) is 0 Å². The van der Waals surface area contributed by atoms with Gasteiger partial charge in [-0.2, -0.15) is 28.1 Å². The number of rotatable bonds is 6. The molecule has 0 N–H and O–H groups in total.